The monoisotopic (exact) mass is 611 g/mol. The third-order valence-electron chi connectivity index (χ3n) is 5.76. The zero-order chi connectivity index (χ0) is 29.6. The standard InChI is InChI=1S/C30H30ClN3O5S2/c1-30(2,3)39-27(35)19-34(25-13-8-12-23(31)18-25)41(37,38)26-14-7-11-22(17-26)28(36)33-29-32-24(20-40-29)16-15-21-9-5-4-6-10-21/h4-14,17-18,20H,15-16,19H2,1-3H3,(H,32,33,36). The fourth-order valence-corrected chi connectivity index (χ4v) is 6.30. The summed E-state index contributed by atoms with van der Waals surface area (Å²) in [7, 11) is -4.30. The van der Waals surface area contributed by atoms with E-state index in [2.05, 4.69) is 22.4 Å². The van der Waals surface area contributed by atoms with Gasteiger partial charge in [-0.1, -0.05) is 54.1 Å². The number of carbonyl (C=O) groups is 2. The molecular formula is C30H30ClN3O5S2. The van der Waals surface area contributed by atoms with E-state index in [0.717, 1.165) is 22.8 Å². The Morgan fingerprint density at radius 3 is 2.41 bits per heavy atom. The first-order valence-corrected chi connectivity index (χ1v) is 15.5. The molecule has 1 aromatic heterocycles. The van der Waals surface area contributed by atoms with E-state index in [4.69, 9.17) is 16.3 Å². The highest BCUT2D eigenvalue weighted by Gasteiger charge is 2.30. The topological polar surface area (TPSA) is 106 Å². The smallest absolute Gasteiger partial charge is 0.327 e. The number of esters is 1. The molecule has 1 amide bonds. The Morgan fingerprint density at radius 2 is 1.71 bits per heavy atom. The van der Waals surface area contributed by atoms with Gasteiger partial charge in [0.15, 0.2) is 5.13 Å². The minimum absolute atomic E-state index is 0.121. The van der Waals surface area contributed by atoms with Crippen molar-refractivity contribution in [2.24, 2.45) is 0 Å². The van der Waals surface area contributed by atoms with Gasteiger partial charge >= 0.3 is 5.97 Å². The van der Waals surface area contributed by atoms with E-state index in [1.807, 2.05) is 23.6 Å². The lowest BCUT2D eigenvalue weighted by Gasteiger charge is -2.26. The predicted molar refractivity (Wildman–Crippen MR) is 162 cm³/mol. The number of hydrogen-bond donors (Lipinski definition) is 1. The van der Waals surface area contributed by atoms with Crippen LogP contribution in [0.1, 0.15) is 42.4 Å². The van der Waals surface area contributed by atoms with Gasteiger partial charge in [-0.2, -0.15) is 0 Å². The SMILES string of the molecule is CC(C)(C)OC(=O)CN(c1cccc(Cl)c1)S(=O)(=O)c1cccc(C(=O)Nc2nc(CCc3ccccc3)cs2)c1. The highest BCUT2D eigenvalue weighted by atomic mass is 35.5. The van der Waals surface area contributed by atoms with Crippen molar-refractivity contribution in [3.63, 3.8) is 0 Å². The zero-order valence-corrected chi connectivity index (χ0v) is 25.2. The molecule has 4 rings (SSSR count). The normalized spacial score (nSPS) is 11.6. The van der Waals surface area contributed by atoms with E-state index >= 15 is 0 Å². The molecular weight excluding hydrogens is 582 g/mol. The number of amides is 1. The summed E-state index contributed by atoms with van der Waals surface area (Å²) in [6, 6.07) is 21.8. The van der Waals surface area contributed by atoms with Crippen LogP contribution in [0.5, 0.6) is 0 Å². The van der Waals surface area contributed by atoms with Crippen LogP contribution in [-0.2, 0) is 32.4 Å². The summed E-state index contributed by atoms with van der Waals surface area (Å²) in [5.74, 6) is -1.24. The molecule has 0 spiro atoms. The van der Waals surface area contributed by atoms with Crippen molar-refractivity contribution in [2.75, 3.05) is 16.2 Å². The number of nitrogens with zero attached hydrogens (tertiary/aromatic N) is 2. The van der Waals surface area contributed by atoms with Crippen molar-refractivity contribution < 1.29 is 22.7 Å². The number of halogens is 1. The second-order valence-corrected chi connectivity index (χ2v) is 13.3. The molecule has 11 heteroatoms. The van der Waals surface area contributed by atoms with Crippen LogP contribution >= 0.6 is 22.9 Å². The Balaban J connectivity index is 1.53. The fraction of sp³-hybridized carbons (Fsp3) is 0.233. The molecule has 3 aromatic carbocycles. The van der Waals surface area contributed by atoms with Crippen LogP contribution in [0.25, 0.3) is 0 Å². The van der Waals surface area contributed by atoms with Gasteiger partial charge in [-0.15, -0.1) is 11.3 Å². The highest BCUT2D eigenvalue weighted by molar-refractivity contribution is 7.92. The number of hydrogen-bond acceptors (Lipinski definition) is 7. The van der Waals surface area contributed by atoms with Gasteiger partial charge in [0, 0.05) is 16.0 Å². The number of rotatable bonds is 10. The number of thiazole rings is 1. The first kappa shape index (κ1) is 30.2. The van der Waals surface area contributed by atoms with E-state index in [0.29, 0.717) is 10.2 Å². The maximum atomic E-state index is 13.8. The van der Waals surface area contributed by atoms with E-state index in [-0.39, 0.29) is 16.1 Å². The second kappa shape index (κ2) is 12.8. The number of anilines is 2. The first-order chi connectivity index (χ1) is 19.4. The second-order valence-electron chi connectivity index (χ2n) is 10.2. The Bertz CT molecular complexity index is 1630. The van der Waals surface area contributed by atoms with Crippen molar-refractivity contribution >= 4 is 55.7 Å². The number of aryl methyl sites for hydroxylation is 2. The molecule has 1 N–H and O–H groups in total. The minimum Gasteiger partial charge on any atom is -0.459 e. The Labute approximate surface area is 249 Å². The number of carbonyl (C=O) groups excluding carboxylic acids is 2. The predicted octanol–water partition coefficient (Wildman–Crippen LogP) is 6.37. The summed E-state index contributed by atoms with van der Waals surface area (Å²) in [5, 5.41) is 5.35. The van der Waals surface area contributed by atoms with Gasteiger partial charge in [-0.3, -0.25) is 19.2 Å². The van der Waals surface area contributed by atoms with Crippen molar-refractivity contribution in [2.45, 2.75) is 44.1 Å². The van der Waals surface area contributed by atoms with Gasteiger partial charge in [0.2, 0.25) is 0 Å². The molecule has 0 aliphatic carbocycles. The summed E-state index contributed by atoms with van der Waals surface area (Å²) >= 11 is 7.43. The lowest BCUT2D eigenvalue weighted by atomic mass is 10.1. The van der Waals surface area contributed by atoms with Crippen LogP contribution in [0.4, 0.5) is 10.8 Å². The molecule has 0 fully saturated rings. The molecule has 1 heterocycles. The Morgan fingerprint density at radius 1 is 0.976 bits per heavy atom. The van der Waals surface area contributed by atoms with Crippen LogP contribution in [0.15, 0.2) is 89.1 Å². The largest absolute Gasteiger partial charge is 0.459 e. The lowest BCUT2D eigenvalue weighted by molar-refractivity contribution is -0.152. The van der Waals surface area contributed by atoms with Crippen LogP contribution < -0.4 is 9.62 Å². The molecule has 0 unspecified atom stereocenters. The minimum atomic E-state index is -4.30. The maximum Gasteiger partial charge on any atom is 0.327 e. The maximum absolute atomic E-state index is 13.8. The van der Waals surface area contributed by atoms with E-state index in [1.54, 1.807) is 32.9 Å². The van der Waals surface area contributed by atoms with Crippen LogP contribution in [0.2, 0.25) is 5.02 Å². The van der Waals surface area contributed by atoms with Gasteiger partial charge in [0.1, 0.15) is 12.1 Å². The van der Waals surface area contributed by atoms with Gasteiger partial charge in [-0.05, 0) is 75.6 Å². The average Bonchev–Trinajstić information content (AvgIpc) is 3.37. The van der Waals surface area contributed by atoms with Crippen LogP contribution in [-0.4, -0.2) is 37.4 Å². The Kier molecular flexibility index (Phi) is 9.47. The van der Waals surface area contributed by atoms with Crippen LogP contribution in [0, 0.1) is 0 Å². The average molecular weight is 612 g/mol. The lowest BCUT2D eigenvalue weighted by Crippen LogP contribution is -2.39. The first-order valence-electron chi connectivity index (χ1n) is 12.8. The summed E-state index contributed by atoms with van der Waals surface area (Å²) in [6.07, 6.45) is 1.55. The summed E-state index contributed by atoms with van der Waals surface area (Å²) in [4.78, 5) is 30.1. The van der Waals surface area contributed by atoms with Crippen molar-refractivity contribution in [3.8, 4) is 0 Å². The summed E-state index contributed by atoms with van der Waals surface area (Å²) < 4.78 is 33.9. The molecule has 0 radical (unpaired) electrons. The summed E-state index contributed by atoms with van der Waals surface area (Å²) in [6.45, 7) is 4.50. The van der Waals surface area contributed by atoms with E-state index in [9.17, 15) is 18.0 Å². The molecule has 0 bridgehead atoms. The number of aromatic nitrogens is 1. The number of nitrogens with one attached hydrogen (secondary N) is 1. The molecule has 0 saturated carbocycles. The summed E-state index contributed by atoms with van der Waals surface area (Å²) in [5.41, 5.74) is 1.54. The van der Waals surface area contributed by atoms with Crippen molar-refractivity contribution in [1.82, 2.24) is 4.98 Å². The van der Waals surface area contributed by atoms with Crippen LogP contribution in [0.3, 0.4) is 0 Å². The van der Waals surface area contributed by atoms with Crippen molar-refractivity contribution in [3.05, 3.63) is 106 Å². The third-order valence-corrected chi connectivity index (χ3v) is 8.57. The molecule has 41 heavy (non-hydrogen) atoms. The molecule has 0 atom stereocenters. The number of benzene rings is 3. The third kappa shape index (κ3) is 8.39. The van der Waals surface area contributed by atoms with E-state index in [1.165, 1.54) is 53.3 Å². The number of sulfonamides is 1. The highest BCUT2D eigenvalue weighted by Crippen LogP contribution is 2.27. The van der Waals surface area contributed by atoms with Gasteiger partial charge < -0.3 is 4.74 Å². The molecule has 8 nitrogen and oxygen atoms in total. The molecule has 0 aliphatic heterocycles. The number of ether oxygens (including phenoxy) is 1. The molecule has 214 valence electrons. The quantitative estimate of drug-likeness (QED) is 0.209. The van der Waals surface area contributed by atoms with Gasteiger partial charge in [0.25, 0.3) is 15.9 Å². The Hall–Kier alpha value is -3.73. The molecule has 0 saturated heterocycles. The zero-order valence-electron chi connectivity index (χ0n) is 22.8. The van der Waals surface area contributed by atoms with E-state index < -0.39 is 34.0 Å². The molecule has 0 aliphatic rings. The fourth-order valence-electron chi connectivity index (χ4n) is 3.93. The molecule has 4 aromatic rings. The van der Waals surface area contributed by atoms with Gasteiger partial charge in [-0.25, -0.2) is 13.4 Å². The van der Waals surface area contributed by atoms with Crippen molar-refractivity contribution in [1.29, 1.82) is 0 Å². The van der Waals surface area contributed by atoms with Gasteiger partial charge in [0.05, 0.1) is 16.3 Å².